The maximum atomic E-state index is 12.3. The zero-order valence-electron chi connectivity index (χ0n) is 10.9. The Morgan fingerprint density at radius 3 is 2.20 bits per heavy atom. The van der Waals surface area contributed by atoms with E-state index in [9.17, 15) is 4.79 Å². The number of carbonyl (C=O) groups excluding carboxylic acids is 1. The van der Waals surface area contributed by atoms with Gasteiger partial charge in [0.05, 0.1) is 5.70 Å². The molecular formula is C16H15N3O. The molecule has 4 heteroatoms. The Bertz CT molecular complexity index is 730. The zero-order chi connectivity index (χ0) is 14.3. The lowest BCUT2D eigenvalue weighted by atomic mass is 9.85. The van der Waals surface area contributed by atoms with Crippen molar-refractivity contribution in [2.45, 2.75) is 6.42 Å². The number of Topliss-reactive ketones (excluding diaryl/α,β-unsaturated/α-hetero) is 1. The summed E-state index contributed by atoms with van der Waals surface area (Å²) in [6, 6.07) is 12.6. The Kier molecular flexibility index (Phi) is 2.71. The summed E-state index contributed by atoms with van der Waals surface area (Å²) < 4.78 is 0. The van der Waals surface area contributed by atoms with Crippen LogP contribution in [0.5, 0.6) is 0 Å². The summed E-state index contributed by atoms with van der Waals surface area (Å²) in [4.78, 5) is 12.3. The molecule has 0 bridgehead atoms. The SMILES string of the molecule is NC1=C(c2ccc(N)cc2)Cc2cc(N)ccc2C1=O. The van der Waals surface area contributed by atoms with Crippen molar-refractivity contribution in [3.05, 3.63) is 64.9 Å². The molecule has 6 N–H and O–H groups in total. The highest BCUT2D eigenvalue weighted by Gasteiger charge is 2.24. The number of carbonyl (C=O) groups is 1. The third-order valence-corrected chi connectivity index (χ3v) is 3.57. The topological polar surface area (TPSA) is 95.1 Å². The van der Waals surface area contributed by atoms with Crippen molar-refractivity contribution in [2.75, 3.05) is 11.5 Å². The average molecular weight is 265 g/mol. The highest BCUT2D eigenvalue weighted by Crippen LogP contribution is 2.31. The van der Waals surface area contributed by atoms with Gasteiger partial charge in [-0.25, -0.2) is 0 Å². The number of fused-ring (bicyclic) bond motifs is 1. The minimum Gasteiger partial charge on any atom is -0.399 e. The van der Waals surface area contributed by atoms with Crippen molar-refractivity contribution in [1.29, 1.82) is 0 Å². The van der Waals surface area contributed by atoms with Crippen LogP contribution in [0.15, 0.2) is 48.2 Å². The number of allylic oxidation sites excluding steroid dienone is 2. The number of ketones is 1. The Hall–Kier alpha value is -2.75. The third kappa shape index (κ3) is 1.91. The van der Waals surface area contributed by atoms with Gasteiger partial charge in [-0.05, 0) is 47.0 Å². The summed E-state index contributed by atoms with van der Waals surface area (Å²) in [7, 11) is 0. The normalized spacial score (nSPS) is 14.3. The monoisotopic (exact) mass is 265 g/mol. The summed E-state index contributed by atoms with van der Waals surface area (Å²) in [5, 5.41) is 0. The van der Waals surface area contributed by atoms with Crippen LogP contribution in [0.25, 0.3) is 5.57 Å². The lowest BCUT2D eigenvalue weighted by molar-refractivity contribution is 0.103. The highest BCUT2D eigenvalue weighted by atomic mass is 16.1. The van der Waals surface area contributed by atoms with E-state index in [-0.39, 0.29) is 5.78 Å². The van der Waals surface area contributed by atoms with Gasteiger partial charge in [0.15, 0.2) is 0 Å². The molecule has 20 heavy (non-hydrogen) atoms. The molecular weight excluding hydrogens is 250 g/mol. The van der Waals surface area contributed by atoms with Gasteiger partial charge in [0.25, 0.3) is 0 Å². The zero-order valence-corrected chi connectivity index (χ0v) is 10.9. The van der Waals surface area contributed by atoms with Crippen LogP contribution in [-0.4, -0.2) is 5.78 Å². The standard InChI is InChI=1S/C16H15N3O/c17-11-3-1-9(2-4-11)14-8-10-7-12(18)5-6-13(10)16(20)15(14)19/h1-7H,8,17-19H2. The molecule has 0 aromatic heterocycles. The molecule has 2 aromatic carbocycles. The van der Waals surface area contributed by atoms with Crippen molar-refractivity contribution >= 4 is 22.7 Å². The van der Waals surface area contributed by atoms with E-state index in [0.717, 1.165) is 16.7 Å². The average Bonchev–Trinajstić information content (AvgIpc) is 2.44. The van der Waals surface area contributed by atoms with Crippen LogP contribution < -0.4 is 17.2 Å². The molecule has 0 saturated heterocycles. The van der Waals surface area contributed by atoms with E-state index in [1.165, 1.54) is 0 Å². The second kappa shape index (κ2) is 4.42. The number of nitrogens with two attached hydrogens (primary N) is 3. The fourth-order valence-corrected chi connectivity index (χ4v) is 2.49. The number of hydrogen-bond acceptors (Lipinski definition) is 4. The molecule has 0 saturated carbocycles. The van der Waals surface area contributed by atoms with E-state index in [1.54, 1.807) is 24.3 Å². The molecule has 100 valence electrons. The molecule has 3 rings (SSSR count). The van der Waals surface area contributed by atoms with Gasteiger partial charge in [-0.2, -0.15) is 0 Å². The smallest absolute Gasteiger partial charge is 0.209 e. The van der Waals surface area contributed by atoms with Crippen LogP contribution in [0.1, 0.15) is 21.5 Å². The van der Waals surface area contributed by atoms with Gasteiger partial charge in [-0.15, -0.1) is 0 Å². The summed E-state index contributed by atoms with van der Waals surface area (Å²) in [6.07, 6.45) is 0.599. The Morgan fingerprint density at radius 1 is 0.850 bits per heavy atom. The van der Waals surface area contributed by atoms with E-state index >= 15 is 0 Å². The van der Waals surface area contributed by atoms with Crippen molar-refractivity contribution in [2.24, 2.45) is 5.73 Å². The number of rotatable bonds is 1. The van der Waals surface area contributed by atoms with Crippen molar-refractivity contribution < 1.29 is 4.79 Å². The maximum Gasteiger partial charge on any atom is 0.209 e. The van der Waals surface area contributed by atoms with Gasteiger partial charge < -0.3 is 17.2 Å². The molecule has 1 aliphatic carbocycles. The van der Waals surface area contributed by atoms with E-state index in [2.05, 4.69) is 0 Å². The second-order valence-corrected chi connectivity index (χ2v) is 4.94. The molecule has 0 heterocycles. The van der Waals surface area contributed by atoms with Crippen molar-refractivity contribution in [3.8, 4) is 0 Å². The first kappa shape index (κ1) is 12.3. The fourth-order valence-electron chi connectivity index (χ4n) is 2.49. The third-order valence-electron chi connectivity index (χ3n) is 3.57. The number of benzene rings is 2. The maximum absolute atomic E-state index is 12.3. The molecule has 2 aromatic rings. The minimum atomic E-state index is -0.141. The highest BCUT2D eigenvalue weighted by molar-refractivity contribution is 6.15. The van der Waals surface area contributed by atoms with E-state index in [0.29, 0.717) is 29.1 Å². The van der Waals surface area contributed by atoms with Gasteiger partial charge in [0, 0.05) is 23.4 Å². The second-order valence-electron chi connectivity index (χ2n) is 4.94. The summed E-state index contributed by atoms with van der Waals surface area (Å²) in [6.45, 7) is 0. The number of nitrogen functional groups attached to an aromatic ring is 2. The molecule has 0 radical (unpaired) electrons. The van der Waals surface area contributed by atoms with Gasteiger partial charge in [0.1, 0.15) is 0 Å². The van der Waals surface area contributed by atoms with Crippen LogP contribution in [0.3, 0.4) is 0 Å². The molecule has 0 fully saturated rings. The molecule has 0 amide bonds. The summed E-state index contributed by atoms with van der Waals surface area (Å²) in [5.41, 5.74) is 22.4. The molecule has 1 aliphatic rings. The Morgan fingerprint density at radius 2 is 1.50 bits per heavy atom. The Labute approximate surface area is 116 Å². The lowest BCUT2D eigenvalue weighted by Gasteiger charge is -2.20. The van der Waals surface area contributed by atoms with Crippen molar-refractivity contribution in [3.63, 3.8) is 0 Å². The molecule has 0 atom stereocenters. The number of anilines is 2. The van der Waals surface area contributed by atoms with E-state index in [1.807, 2.05) is 18.2 Å². The van der Waals surface area contributed by atoms with Gasteiger partial charge in [0.2, 0.25) is 5.78 Å². The van der Waals surface area contributed by atoms with Crippen LogP contribution >= 0.6 is 0 Å². The molecule has 4 nitrogen and oxygen atoms in total. The van der Waals surface area contributed by atoms with Crippen LogP contribution in [0.2, 0.25) is 0 Å². The largest absolute Gasteiger partial charge is 0.399 e. The predicted octanol–water partition coefficient (Wildman–Crippen LogP) is 1.96. The minimum absolute atomic E-state index is 0.141. The quantitative estimate of drug-likeness (QED) is 0.687. The lowest BCUT2D eigenvalue weighted by Crippen LogP contribution is -2.21. The predicted molar refractivity (Wildman–Crippen MR) is 80.9 cm³/mol. The first-order valence-corrected chi connectivity index (χ1v) is 6.34. The van der Waals surface area contributed by atoms with Gasteiger partial charge in [-0.1, -0.05) is 12.1 Å². The first-order chi connectivity index (χ1) is 9.56. The van der Waals surface area contributed by atoms with Gasteiger partial charge in [-0.3, -0.25) is 4.79 Å². The summed E-state index contributed by atoms with van der Waals surface area (Å²) >= 11 is 0. The van der Waals surface area contributed by atoms with Crippen LogP contribution in [0.4, 0.5) is 11.4 Å². The molecule has 0 spiro atoms. The number of hydrogen-bond donors (Lipinski definition) is 3. The van der Waals surface area contributed by atoms with E-state index in [4.69, 9.17) is 17.2 Å². The van der Waals surface area contributed by atoms with E-state index < -0.39 is 0 Å². The molecule has 0 aliphatic heterocycles. The van der Waals surface area contributed by atoms with Crippen LogP contribution in [0, 0.1) is 0 Å². The first-order valence-electron chi connectivity index (χ1n) is 6.34. The van der Waals surface area contributed by atoms with Gasteiger partial charge >= 0.3 is 0 Å². The molecule has 0 unspecified atom stereocenters. The summed E-state index contributed by atoms with van der Waals surface area (Å²) in [5.74, 6) is -0.141. The fraction of sp³-hybridized carbons (Fsp3) is 0.0625. The van der Waals surface area contributed by atoms with Crippen molar-refractivity contribution in [1.82, 2.24) is 0 Å². The Balaban J connectivity index is 2.11. The van der Waals surface area contributed by atoms with Crippen LogP contribution in [-0.2, 0) is 6.42 Å².